The average molecular weight is 218 g/mol. The molecule has 0 radical (unpaired) electrons. The first-order chi connectivity index (χ1) is 7.25. The molecule has 0 atom stereocenters. The third kappa shape index (κ3) is 2.60. The van der Waals surface area contributed by atoms with Crippen LogP contribution in [-0.2, 0) is 0 Å². The van der Waals surface area contributed by atoms with Gasteiger partial charge in [-0.05, 0) is 42.8 Å². The molecule has 0 fully saturated rings. The summed E-state index contributed by atoms with van der Waals surface area (Å²) in [5.74, 6) is -0.146. The van der Waals surface area contributed by atoms with Gasteiger partial charge in [-0.1, -0.05) is 30.0 Å². The largest absolute Gasteiger partial charge is 0.207 e. The topological polar surface area (TPSA) is 0 Å². The van der Waals surface area contributed by atoms with E-state index >= 15 is 0 Å². The SMILES string of the molecule is Cc1cc(Sc2ccccc2)ccc1F. The Bertz CT molecular complexity index is 451. The molecule has 0 bridgehead atoms. The molecule has 15 heavy (non-hydrogen) atoms. The van der Waals surface area contributed by atoms with Crippen LogP contribution in [0.4, 0.5) is 4.39 Å². The minimum absolute atomic E-state index is 0.146. The number of halogens is 1. The van der Waals surface area contributed by atoms with Crippen LogP contribution in [0.2, 0.25) is 0 Å². The Morgan fingerprint density at radius 3 is 2.33 bits per heavy atom. The second kappa shape index (κ2) is 4.49. The van der Waals surface area contributed by atoms with Crippen molar-refractivity contribution < 1.29 is 4.39 Å². The van der Waals surface area contributed by atoms with Crippen molar-refractivity contribution in [3.05, 3.63) is 59.9 Å². The van der Waals surface area contributed by atoms with Crippen molar-refractivity contribution in [3.8, 4) is 0 Å². The van der Waals surface area contributed by atoms with E-state index in [0.717, 1.165) is 4.90 Å². The van der Waals surface area contributed by atoms with Crippen molar-refractivity contribution in [3.63, 3.8) is 0 Å². The summed E-state index contributed by atoms with van der Waals surface area (Å²) < 4.78 is 13.0. The second-order valence-electron chi connectivity index (χ2n) is 3.33. The molecule has 0 amide bonds. The van der Waals surface area contributed by atoms with Crippen LogP contribution in [0.5, 0.6) is 0 Å². The van der Waals surface area contributed by atoms with Crippen molar-refractivity contribution in [2.24, 2.45) is 0 Å². The quantitative estimate of drug-likeness (QED) is 0.724. The molecule has 0 aromatic heterocycles. The minimum atomic E-state index is -0.146. The number of hydrogen-bond donors (Lipinski definition) is 0. The maximum Gasteiger partial charge on any atom is 0.126 e. The normalized spacial score (nSPS) is 10.3. The van der Waals surface area contributed by atoms with E-state index in [0.29, 0.717) is 5.56 Å². The molecule has 0 aliphatic heterocycles. The number of hydrogen-bond acceptors (Lipinski definition) is 1. The van der Waals surface area contributed by atoms with E-state index in [9.17, 15) is 4.39 Å². The van der Waals surface area contributed by atoms with Crippen LogP contribution < -0.4 is 0 Å². The highest BCUT2D eigenvalue weighted by Gasteiger charge is 2.00. The van der Waals surface area contributed by atoms with E-state index in [1.165, 1.54) is 11.0 Å². The van der Waals surface area contributed by atoms with Crippen molar-refractivity contribution in [1.82, 2.24) is 0 Å². The first-order valence-corrected chi connectivity index (χ1v) is 5.56. The average Bonchev–Trinajstić information content (AvgIpc) is 2.25. The first-order valence-electron chi connectivity index (χ1n) is 4.75. The lowest BCUT2D eigenvalue weighted by atomic mass is 10.2. The van der Waals surface area contributed by atoms with E-state index in [1.54, 1.807) is 24.8 Å². The van der Waals surface area contributed by atoms with Crippen molar-refractivity contribution >= 4 is 11.8 Å². The standard InChI is InChI=1S/C13H11FS/c1-10-9-12(7-8-13(10)14)15-11-5-3-2-4-6-11/h2-9H,1H3. The van der Waals surface area contributed by atoms with Crippen LogP contribution in [0.15, 0.2) is 58.3 Å². The Labute approximate surface area is 93.1 Å². The van der Waals surface area contributed by atoms with Crippen molar-refractivity contribution in [1.29, 1.82) is 0 Å². The molecule has 0 unspecified atom stereocenters. The Balaban J connectivity index is 2.22. The summed E-state index contributed by atoms with van der Waals surface area (Å²) >= 11 is 1.64. The molecular formula is C13H11FS. The molecule has 2 rings (SSSR count). The highest BCUT2D eigenvalue weighted by Crippen LogP contribution is 2.28. The molecule has 0 saturated carbocycles. The molecule has 0 aliphatic rings. The van der Waals surface area contributed by atoms with Gasteiger partial charge in [0.25, 0.3) is 0 Å². The van der Waals surface area contributed by atoms with Crippen LogP contribution in [-0.4, -0.2) is 0 Å². The summed E-state index contributed by atoms with van der Waals surface area (Å²) in [6.07, 6.45) is 0. The Morgan fingerprint density at radius 2 is 1.67 bits per heavy atom. The van der Waals surface area contributed by atoms with E-state index in [4.69, 9.17) is 0 Å². The highest BCUT2D eigenvalue weighted by atomic mass is 32.2. The summed E-state index contributed by atoms with van der Waals surface area (Å²) in [6.45, 7) is 1.78. The molecule has 2 aromatic carbocycles. The van der Waals surface area contributed by atoms with Gasteiger partial charge in [-0.2, -0.15) is 0 Å². The van der Waals surface area contributed by atoms with Crippen molar-refractivity contribution in [2.75, 3.05) is 0 Å². The number of aryl methyl sites for hydroxylation is 1. The van der Waals surface area contributed by atoms with E-state index in [2.05, 4.69) is 0 Å². The molecule has 0 N–H and O–H groups in total. The Hall–Kier alpha value is -1.28. The monoisotopic (exact) mass is 218 g/mol. The summed E-state index contributed by atoms with van der Waals surface area (Å²) in [4.78, 5) is 2.24. The predicted octanol–water partition coefficient (Wildman–Crippen LogP) is 4.29. The van der Waals surface area contributed by atoms with Crippen LogP contribution in [0.25, 0.3) is 0 Å². The van der Waals surface area contributed by atoms with Gasteiger partial charge in [-0.3, -0.25) is 0 Å². The Morgan fingerprint density at radius 1 is 0.933 bits per heavy atom. The molecule has 76 valence electrons. The zero-order chi connectivity index (χ0) is 10.7. The van der Waals surface area contributed by atoms with Gasteiger partial charge in [0, 0.05) is 9.79 Å². The molecule has 2 heteroatoms. The molecule has 0 saturated heterocycles. The fraction of sp³-hybridized carbons (Fsp3) is 0.0769. The third-order valence-electron chi connectivity index (χ3n) is 2.11. The molecule has 0 spiro atoms. The molecule has 0 nitrogen and oxygen atoms in total. The lowest BCUT2D eigenvalue weighted by Crippen LogP contribution is -1.81. The summed E-state index contributed by atoms with van der Waals surface area (Å²) in [6, 6.07) is 15.3. The lowest BCUT2D eigenvalue weighted by Gasteiger charge is -2.03. The Kier molecular flexibility index (Phi) is 3.07. The van der Waals surface area contributed by atoms with Crippen LogP contribution >= 0.6 is 11.8 Å². The number of rotatable bonds is 2. The van der Waals surface area contributed by atoms with Crippen LogP contribution in [0.1, 0.15) is 5.56 Å². The van der Waals surface area contributed by atoms with Crippen molar-refractivity contribution in [2.45, 2.75) is 16.7 Å². The third-order valence-corrected chi connectivity index (χ3v) is 3.11. The summed E-state index contributed by atoms with van der Waals surface area (Å²) in [5.41, 5.74) is 0.691. The summed E-state index contributed by atoms with van der Waals surface area (Å²) in [7, 11) is 0. The summed E-state index contributed by atoms with van der Waals surface area (Å²) in [5, 5.41) is 0. The maximum atomic E-state index is 13.0. The minimum Gasteiger partial charge on any atom is -0.207 e. The fourth-order valence-corrected chi connectivity index (χ4v) is 2.24. The zero-order valence-corrected chi connectivity index (χ0v) is 9.22. The van der Waals surface area contributed by atoms with Gasteiger partial charge < -0.3 is 0 Å². The highest BCUT2D eigenvalue weighted by molar-refractivity contribution is 7.99. The van der Waals surface area contributed by atoms with E-state index < -0.39 is 0 Å². The fourth-order valence-electron chi connectivity index (χ4n) is 1.31. The zero-order valence-electron chi connectivity index (χ0n) is 8.41. The van der Waals surface area contributed by atoms with Gasteiger partial charge in [0.05, 0.1) is 0 Å². The molecule has 2 aromatic rings. The van der Waals surface area contributed by atoms with Gasteiger partial charge in [0.1, 0.15) is 5.82 Å². The predicted molar refractivity (Wildman–Crippen MR) is 61.7 cm³/mol. The van der Waals surface area contributed by atoms with Gasteiger partial charge in [0.2, 0.25) is 0 Å². The lowest BCUT2D eigenvalue weighted by molar-refractivity contribution is 0.617. The molecule has 0 aliphatic carbocycles. The van der Waals surface area contributed by atoms with Gasteiger partial charge >= 0.3 is 0 Å². The maximum absolute atomic E-state index is 13.0. The van der Waals surface area contributed by atoms with Gasteiger partial charge in [0.15, 0.2) is 0 Å². The van der Waals surface area contributed by atoms with Crippen LogP contribution in [0, 0.1) is 12.7 Å². The van der Waals surface area contributed by atoms with E-state index in [1.807, 2.05) is 36.4 Å². The van der Waals surface area contributed by atoms with Gasteiger partial charge in [-0.25, -0.2) is 4.39 Å². The second-order valence-corrected chi connectivity index (χ2v) is 4.47. The first kappa shape index (κ1) is 10.2. The van der Waals surface area contributed by atoms with Crippen LogP contribution in [0.3, 0.4) is 0 Å². The molecular weight excluding hydrogens is 207 g/mol. The smallest absolute Gasteiger partial charge is 0.126 e. The number of benzene rings is 2. The van der Waals surface area contributed by atoms with E-state index in [-0.39, 0.29) is 5.82 Å². The molecule has 0 heterocycles. The van der Waals surface area contributed by atoms with Gasteiger partial charge in [-0.15, -0.1) is 0 Å².